The van der Waals surface area contributed by atoms with Gasteiger partial charge >= 0.3 is 0 Å². The highest BCUT2D eigenvalue weighted by Gasteiger charge is 2.18. The maximum atomic E-state index is 12.7. The van der Waals surface area contributed by atoms with Crippen LogP contribution in [0.4, 0.5) is 0 Å². The SMILES string of the molecule is Cc1[nH]cnc1CN(C)C(=O)c1cn(C)c2ccccc12. The number of nitrogens with zero attached hydrogens (tertiary/aromatic N) is 3. The van der Waals surface area contributed by atoms with Crippen LogP contribution in [0.5, 0.6) is 0 Å². The van der Waals surface area contributed by atoms with E-state index in [2.05, 4.69) is 9.97 Å². The molecule has 1 amide bonds. The summed E-state index contributed by atoms with van der Waals surface area (Å²) in [5, 5.41) is 0.982. The number of amides is 1. The van der Waals surface area contributed by atoms with Crippen LogP contribution in [0, 0.1) is 6.92 Å². The maximum Gasteiger partial charge on any atom is 0.256 e. The molecule has 0 atom stereocenters. The number of aromatic amines is 1. The van der Waals surface area contributed by atoms with Crippen LogP contribution in [0.15, 0.2) is 36.8 Å². The Balaban J connectivity index is 1.92. The van der Waals surface area contributed by atoms with Gasteiger partial charge in [-0.15, -0.1) is 0 Å². The zero-order valence-electron chi connectivity index (χ0n) is 12.4. The first kappa shape index (κ1) is 13.4. The fourth-order valence-corrected chi connectivity index (χ4v) is 2.56. The molecule has 0 spiro atoms. The highest BCUT2D eigenvalue weighted by atomic mass is 16.2. The molecule has 21 heavy (non-hydrogen) atoms. The summed E-state index contributed by atoms with van der Waals surface area (Å²) in [5.74, 6) is 0.00852. The van der Waals surface area contributed by atoms with Crippen molar-refractivity contribution in [2.24, 2.45) is 7.05 Å². The molecule has 0 saturated carbocycles. The Kier molecular flexibility index (Phi) is 3.25. The molecular weight excluding hydrogens is 264 g/mol. The van der Waals surface area contributed by atoms with Gasteiger partial charge in [-0.25, -0.2) is 4.98 Å². The van der Waals surface area contributed by atoms with E-state index in [9.17, 15) is 4.79 Å². The summed E-state index contributed by atoms with van der Waals surface area (Å²) in [6.45, 7) is 2.45. The molecule has 0 fully saturated rings. The second-order valence-corrected chi connectivity index (χ2v) is 5.31. The van der Waals surface area contributed by atoms with Crippen molar-refractivity contribution in [2.75, 3.05) is 7.05 Å². The van der Waals surface area contributed by atoms with Crippen LogP contribution in [0.25, 0.3) is 10.9 Å². The molecule has 2 heterocycles. The number of fused-ring (bicyclic) bond motifs is 1. The van der Waals surface area contributed by atoms with E-state index in [4.69, 9.17) is 0 Å². The molecule has 2 aromatic heterocycles. The lowest BCUT2D eigenvalue weighted by atomic mass is 10.1. The fraction of sp³-hybridized carbons (Fsp3) is 0.250. The molecule has 0 saturated heterocycles. The van der Waals surface area contributed by atoms with Gasteiger partial charge in [-0.1, -0.05) is 18.2 Å². The number of imidazole rings is 1. The summed E-state index contributed by atoms with van der Waals surface area (Å²) in [5.41, 5.74) is 3.67. The van der Waals surface area contributed by atoms with Crippen LogP contribution in [0.3, 0.4) is 0 Å². The third-order valence-corrected chi connectivity index (χ3v) is 3.80. The molecule has 1 N–H and O–H groups in total. The van der Waals surface area contributed by atoms with Gasteiger partial charge in [-0.05, 0) is 13.0 Å². The van der Waals surface area contributed by atoms with Gasteiger partial charge in [0.1, 0.15) is 0 Å². The van der Waals surface area contributed by atoms with E-state index in [0.29, 0.717) is 6.54 Å². The molecule has 0 aliphatic carbocycles. The standard InChI is InChI=1S/C16H18N4O/c1-11-14(18-10-17-11)9-20(3)16(21)13-8-19(2)15-7-5-4-6-12(13)15/h4-8,10H,9H2,1-3H3,(H,17,18). The number of aryl methyl sites for hydroxylation is 2. The topological polar surface area (TPSA) is 53.9 Å². The third-order valence-electron chi connectivity index (χ3n) is 3.80. The van der Waals surface area contributed by atoms with Crippen molar-refractivity contribution >= 4 is 16.8 Å². The predicted octanol–water partition coefficient (Wildman–Crippen LogP) is 2.48. The normalized spacial score (nSPS) is 11.0. The van der Waals surface area contributed by atoms with Crippen LogP contribution in [-0.2, 0) is 13.6 Å². The lowest BCUT2D eigenvalue weighted by Crippen LogP contribution is -2.26. The number of carbonyl (C=O) groups excluding carboxylic acids is 1. The molecule has 0 unspecified atom stereocenters. The van der Waals surface area contributed by atoms with Gasteiger partial charge in [0.05, 0.1) is 24.1 Å². The van der Waals surface area contributed by atoms with E-state index in [1.54, 1.807) is 18.3 Å². The fourth-order valence-electron chi connectivity index (χ4n) is 2.56. The molecule has 0 bridgehead atoms. The molecule has 3 rings (SSSR count). The third kappa shape index (κ3) is 2.31. The summed E-state index contributed by atoms with van der Waals surface area (Å²) < 4.78 is 1.98. The van der Waals surface area contributed by atoms with Gasteiger partial charge in [0, 0.05) is 36.9 Å². The van der Waals surface area contributed by atoms with Crippen molar-refractivity contribution in [2.45, 2.75) is 13.5 Å². The Morgan fingerprint density at radius 3 is 2.86 bits per heavy atom. The zero-order chi connectivity index (χ0) is 15.0. The van der Waals surface area contributed by atoms with E-state index in [-0.39, 0.29) is 5.91 Å². The first-order chi connectivity index (χ1) is 10.1. The number of hydrogen-bond acceptors (Lipinski definition) is 2. The number of nitrogens with one attached hydrogen (secondary N) is 1. The van der Waals surface area contributed by atoms with E-state index < -0.39 is 0 Å². The smallest absolute Gasteiger partial charge is 0.256 e. The first-order valence-corrected chi connectivity index (χ1v) is 6.86. The molecule has 3 aromatic rings. The number of aromatic nitrogens is 3. The average Bonchev–Trinajstić information content (AvgIpc) is 3.03. The summed E-state index contributed by atoms with van der Waals surface area (Å²) in [6, 6.07) is 7.94. The summed E-state index contributed by atoms with van der Waals surface area (Å²) >= 11 is 0. The van der Waals surface area contributed by atoms with Gasteiger partial charge in [0.15, 0.2) is 0 Å². The average molecular weight is 282 g/mol. The van der Waals surface area contributed by atoms with E-state index in [0.717, 1.165) is 27.9 Å². The number of hydrogen-bond donors (Lipinski definition) is 1. The summed E-state index contributed by atoms with van der Waals surface area (Å²) in [7, 11) is 3.76. The number of benzene rings is 1. The Morgan fingerprint density at radius 1 is 1.38 bits per heavy atom. The number of rotatable bonds is 3. The monoisotopic (exact) mass is 282 g/mol. The number of carbonyl (C=O) groups is 1. The van der Waals surface area contributed by atoms with Crippen LogP contribution in [0.1, 0.15) is 21.7 Å². The second kappa shape index (κ2) is 5.09. The highest BCUT2D eigenvalue weighted by Crippen LogP contribution is 2.22. The Labute approximate surface area is 123 Å². The van der Waals surface area contributed by atoms with Crippen LogP contribution >= 0.6 is 0 Å². The molecule has 0 aliphatic heterocycles. The van der Waals surface area contributed by atoms with Gasteiger partial charge in [-0.2, -0.15) is 0 Å². The largest absolute Gasteiger partial charge is 0.350 e. The van der Waals surface area contributed by atoms with Crippen LogP contribution in [-0.4, -0.2) is 32.4 Å². The second-order valence-electron chi connectivity index (χ2n) is 5.31. The van der Waals surface area contributed by atoms with Crippen molar-refractivity contribution < 1.29 is 4.79 Å². The molecule has 5 heteroatoms. The predicted molar refractivity (Wildman–Crippen MR) is 82.0 cm³/mol. The Morgan fingerprint density at radius 2 is 2.14 bits per heavy atom. The van der Waals surface area contributed by atoms with Crippen LogP contribution < -0.4 is 0 Å². The molecule has 5 nitrogen and oxygen atoms in total. The molecular formula is C16H18N4O. The number of para-hydroxylation sites is 1. The molecule has 0 aliphatic rings. The van der Waals surface area contributed by atoms with Crippen molar-refractivity contribution in [3.05, 3.63) is 53.7 Å². The van der Waals surface area contributed by atoms with Gasteiger partial charge < -0.3 is 14.5 Å². The van der Waals surface area contributed by atoms with E-state index >= 15 is 0 Å². The maximum absolute atomic E-state index is 12.7. The van der Waals surface area contributed by atoms with E-state index in [1.165, 1.54) is 0 Å². The van der Waals surface area contributed by atoms with Crippen molar-refractivity contribution in [3.8, 4) is 0 Å². The highest BCUT2D eigenvalue weighted by molar-refractivity contribution is 6.06. The minimum atomic E-state index is 0.00852. The van der Waals surface area contributed by atoms with Gasteiger partial charge in [0.25, 0.3) is 5.91 Å². The lowest BCUT2D eigenvalue weighted by molar-refractivity contribution is 0.0785. The van der Waals surface area contributed by atoms with E-state index in [1.807, 2.05) is 49.0 Å². The first-order valence-electron chi connectivity index (χ1n) is 6.86. The quantitative estimate of drug-likeness (QED) is 0.802. The zero-order valence-corrected chi connectivity index (χ0v) is 12.4. The van der Waals surface area contributed by atoms with Gasteiger partial charge in [0.2, 0.25) is 0 Å². The Hall–Kier alpha value is -2.56. The minimum absolute atomic E-state index is 0.00852. The Bertz CT molecular complexity index is 800. The van der Waals surface area contributed by atoms with Gasteiger partial charge in [-0.3, -0.25) is 4.79 Å². The van der Waals surface area contributed by atoms with Crippen molar-refractivity contribution in [1.82, 2.24) is 19.4 Å². The summed E-state index contributed by atoms with van der Waals surface area (Å²) in [4.78, 5) is 21.7. The summed E-state index contributed by atoms with van der Waals surface area (Å²) in [6.07, 6.45) is 3.54. The van der Waals surface area contributed by atoms with Crippen molar-refractivity contribution in [1.29, 1.82) is 0 Å². The minimum Gasteiger partial charge on any atom is -0.350 e. The lowest BCUT2D eigenvalue weighted by Gasteiger charge is -2.16. The van der Waals surface area contributed by atoms with Crippen LogP contribution in [0.2, 0.25) is 0 Å². The molecule has 1 aromatic carbocycles. The number of H-pyrrole nitrogens is 1. The molecule has 108 valence electrons. The van der Waals surface area contributed by atoms with Crippen molar-refractivity contribution in [3.63, 3.8) is 0 Å². The molecule has 0 radical (unpaired) electrons.